The summed E-state index contributed by atoms with van der Waals surface area (Å²) in [4.78, 5) is 0. The van der Waals surface area contributed by atoms with Crippen LogP contribution < -0.4 is 32.5 Å². The van der Waals surface area contributed by atoms with Gasteiger partial charge in [0.1, 0.15) is 0 Å². The van der Waals surface area contributed by atoms with E-state index in [-0.39, 0.29) is 18.5 Å². The summed E-state index contributed by atoms with van der Waals surface area (Å²) in [5, 5.41) is 12.7. The van der Waals surface area contributed by atoms with Gasteiger partial charge < -0.3 is 11.1 Å². The number of hydrazine groups is 1. The Bertz CT molecular complexity index is 2510. The van der Waals surface area contributed by atoms with Crippen LogP contribution in [0.3, 0.4) is 0 Å². The van der Waals surface area contributed by atoms with Gasteiger partial charge in [0.25, 0.3) is 0 Å². The van der Waals surface area contributed by atoms with E-state index in [2.05, 4.69) is 185 Å². The van der Waals surface area contributed by atoms with E-state index >= 15 is 0 Å². The van der Waals surface area contributed by atoms with Gasteiger partial charge in [-0.3, -0.25) is 10.6 Å². The van der Waals surface area contributed by atoms with Gasteiger partial charge in [0.2, 0.25) is 0 Å². The summed E-state index contributed by atoms with van der Waals surface area (Å²) in [5.41, 5.74) is 24.9. The zero-order valence-corrected chi connectivity index (χ0v) is 33.6. The van der Waals surface area contributed by atoms with Crippen LogP contribution in [0.1, 0.15) is 64.0 Å². The molecule has 2 fully saturated rings. The Morgan fingerprint density at radius 1 is 0.424 bits per heavy atom. The molecule has 5 atom stereocenters. The summed E-state index contributed by atoms with van der Waals surface area (Å²) < 4.78 is 0. The van der Waals surface area contributed by atoms with Crippen molar-refractivity contribution in [3.8, 4) is 22.3 Å². The molecule has 7 N–H and O–H groups in total. The van der Waals surface area contributed by atoms with Gasteiger partial charge in [0.05, 0.1) is 30.6 Å². The molecule has 294 valence electrons. The predicted molar refractivity (Wildman–Crippen MR) is 245 cm³/mol. The molecule has 6 heteroatoms. The van der Waals surface area contributed by atoms with Crippen LogP contribution in [0.2, 0.25) is 0 Å². The lowest BCUT2D eigenvalue weighted by Crippen LogP contribution is -2.26. The van der Waals surface area contributed by atoms with Gasteiger partial charge >= 0.3 is 0 Å². The molecular formula is C53H52N6. The van der Waals surface area contributed by atoms with Crippen LogP contribution in [0.15, 0.2) is 206 Å². The minimum Gasteiger partial charge on any atom is -0.312 e. The number of nitrogens with two attached hydrogens (primary N) is 1. The van der Waals surface area contributed by atoms with Crippen molar-refractivity contribution in [2.24, 2.45) is 5.73 Å². The van der Waals surface area contributed by atoms with Gasteiger partial charge in [0, 0.05) is 0 Å². The van der Waals surface area contributed by atoms with E-state index < -0.39 is 0 Å². The van der Waals surface area contributed by atoms with Crippen molar-refractivity contribution in [3.63, 3.8) is 0 Å². The number of hydrogen-bond acceptors (Lipinski definition) is 6. The molecule has 2 heterocycles. The standard InChI is InChI=1S/C38H32N4.C8H12N2.C7H8/c1-3-7-28(8-4-1)35-36(39-35)29-17-11-25(12-18-29)32-21-15-27-16-22-33(24-34(27)23-32)26-13-19-31(20-14-26)38-40-37(41-42-38)30-9-5-2-6-10-30;1-10-8(9)7-5-3-2-4-6-7;1-7-5-3-2-4-6-7/h1-24,35-42H;2-6,8,10H,9H2,1H3;2-6H,1H3. The zero-order valence-electron chi connectivity index (χ0n) is 33.6. The number of hydrogen-bond donors (Lipinski definition) is 6. The molecule has 5 unspecified atom stereocenters. The van der Waals surface area contributed by atoms with Crippen molar-refractivity contribution >= 4 is 10.8 Å². The Labute approximate surface area is 348 Å². The fraction of sp³-hybridized carbons (Fsp3) is 0.132. The molecule has 2 aliphatic heterocycles. The quantitative estimate of drug-likeness (QED) is 0.0680. The van der Waals surface area contributed by atoms with E-state index in [4.69, 9.17) is 5.73 Å². The lowest BCUT2D eigenvalue weighted by Gasteiger charge is -2.13. The topological polar surface area (TPSA) is 96.1 Å². The van der Waals surface area contributed by atoms with Gasteiger partial charge in [-0.25, -0.2) is 10.9 Å². The molecule has 6 nitrogen and oxygen atoms in total. The number of benzene rings is 8. The summed E-state index contributed by atoms with van der Waals surface area (Å²) in [6.45, 7) is 2.08. The van der Waals surface area contributed by atoms with Crippen molar-refractivity contribution in [1.82, 2.24) is 26.8 Å². The smallest absolute Gasteiger partial charge is 0.0978 e. The van der Waals surface area contributed by atoms with Crippen LogP contribution in [0, 0.1) is 6.92 Å². The molecule has 2 saturated heterocycles. The highest BCUT2D eigenvalue weighted by Gasteiger charge is 2.38. The molecule has 0 aromatic heterocycles. The van der Waals surface area contributed by atoms with Gasteiger partial charge in [-0.2, -0.15) is 0 Å². The minimum atomic E-state index is -0.0406. The van der Waals surface area contributed by atoms with Crippen molar-refractivity contribution in [1.29, 1.82) is 0 Å². The van der Waals surface area contributed by atoms with E-state index in [0.717, 1.165) is 5.56 Å². The minimum absolute atomic E-state index is 0.0406. The Kier molecular flexibility index (Phi) is 12.8. The van der Waals surface area contributed by atoms with E-state index in [1.807, 2.05) is 61.6 Å². The fourth-order valence-corrected chi connectivity index (χ4v) is 7.52. The zero-order chi connectivity index (χ0) is 40.4. The first kappa shape index (κ1) is 39.6. The second-order valence-electron chi connectivity index (χ2n) is 15.1. The molecule has 2 aliphatic rings. The first-order valence-corrected chi connectivity index (χ1v) is 20.4. The molecule has 0 spiro atoms. The average molecular weight is 773 g/mol. The molecule has 0 saturated carbocycles. The largest absolute Gasteiger partial charge is 0.312 e. The SMILES string of the molecule is CNC(N)c1ccccc1.Cc1ccccc1.c1ccc(C2NNC(c3ccc(-c4ccc5ccc(-c6ccc(C7NC7c7ccccc7)cc6)cc5c4)cc3)N2)cc1. The van der Waals surface area contributed by atoms with Crippen molar-refractivity contribution in [3.05, 3.63) is 240 Å². The second kappa shape index (κ2) is 19.0. The summed E-state index contributed by atoms with van der Waals surface area (Å²) in [6.07, 6.45) is 0.0919. The van der Waals surface area contributed by atoms with Crippen LogP contribution in [-0.4, -0.2) is 7.05 Å². The van der Waals surface area contributed by atoms with Gasteiger partial charge in [0.15, 0.2) is 0 Å². The second-order valence-corrected chi connectivity index (χ2v) is 15.1. The molecule has 8 aromatic carbocycles. The van der Waals surface area contributed by atoms with Crippen molar-refractivity contribution < 1.29 is 0 Å². The summed E-state index contributed by atoms with van der Waals surface area (Å²) in [5.74, 6) is 0. The molecule has 10 rings (SSSR count). The van der Waals surface area contributed by atoms with E-state index in [1.54, 1.807) is 0 Å². The lowest BCUT2D eigenvalue weighted by atomic mass is 9.96. The Hall–Kier alpha value is -6.22. The molecule has 8 aromatic rings. The molecule has 0 amide bonds. The highest BCUT2D eigenvalue weighted by atomic mass is 15.5. The Morgan fingerprint density at radius 2 is 0.831 bits per heavy atom. The van der Waals surface area contributed by atoms with Crippen LogP contribution in [-0.2, 0) is 0 Å². The molecular weight excluding hydrogens is 721 g/mol. The first-order chi connectivity index (χ1) is 29.0. The number of rotatable bonds is 8. The normalized spacial score (nSPS) is 18.5. The maximum atomic E-state index is 5.68. The van der Waals surface area contributed by atoms with Crippen LogP contribution in [0.5, 0.6) is 0 Å². The Balaban J connectivity index is 0.000000236. The van der Waals surface area contributed by atoms with Gasteiger partial charge in [-0.05, 0) is 86.9 Å². The summed E-state index contributed by atoms with van der Waals surface area (Å²) in [6, 6.07) is 73.5. The van der Waals surface area contributed by atoms with E-state index in [0.29, 0.717) is 12.1 Å². The maximum Gasteiger partial charge on any atom is 0.0978 e. The maximum absolute atomic E-state index is 5.68. The monoisotopic (exact) mass is 772 g/mol. The summed E-state index contributed by atoms with van der Waals surface area (Å²) in [7, 11) is 1.84. The number of fused-ring (bicyclic) bond motifs is 1. The van der Waals surface area contributed by atoms with Crippen LogP contribution >= 0.6 is 0 Å². The van der Waals surface area contributed by atoms with Gasteiger partial charge in [-0.1, -0.05) is 200 Å². The third kappa shape index (κ3) is 10.1. The highest BCUT2D eigenvalue weighted by Crippen LogP contribution is 2.42. The van der Waals surface area contributed by atoms with Crippen molar-refractivity contribution in [2.75, 3.05) is 7.05 Å². The predicted octanol–water partition coefficient (Wildman–Crippen LogP) is 10.8. The fourth-order valence-electron chi connectivity index (χ4n) is 7.52. The van der Waals surface area contributed by atoms with Crippen LogP contribution in [0.4, 0.5) is 0 Å². The lowest BCUT2D eigenvalue weighted by molar-refractivity contribution is 0.554. The number of nitrogens with one attached hydrogen (secondary N) is 5. The molecule has 0 radical (unpaired) electrons. The average Bonchev–Trinajstić information content (AvgIpc) is 3.97. The Morgan fingerprint density at radius 3 is 1.31 bits per heavy atom. The molecule has 0 bridgehead atoms. The van der Waals surface area contributed by atoms with Gasteiger partial charge in [-0.15, -0.1) is 0 Å². The summed E-state index contributed by atoms with van der Waals surface area (Å²) >= 11 is 0. The third-order valence-corrected chi connectivity index (χ3v) is 11.0. The number of aryl methyl sites for hydroxylation is 1. The van der Waals surface area contributed by atoms with Crippen molar-refractivity contribution in [2.45, 2.75) is 37.5 Å². The highest BCUT2D eigenvalue weighted by molar-refractivity contribution is 5.91. The van der Waals surface area contributed by atoms with E-state index in [9.17, 15) is 0 Å². The third-order valence-electron chi connectivity index (χ3n) is 11.0. The molecule has 0 aliphatic carbocycles. The van der Waals surface area contributed by atoms with E-state index in [1.165, 1.54) is 60.8 Å². The van der Waals surface area contributed by atoms with Crippen LogP contribution in [0.25, 0.3) is 33.0 Å². The molecule has 59 heavy (non-hydrogen) atoms. The first-order valence-electron chi connectivity index (χ1n) is 20.4.